The van der Waals surface area contributed by atoms with Gasteiger partial charge in [0.2, 0.25) is 17.7 Å². The topological polar surface area (TPSA) is 328 Å². The van der Waals surface area contributed by atoms with Gasteiger partial charge in [-0.1, -0.05) is 77.9 Å². The zero-order valence-corrected chi connectivity index (χ0v) is 36.8. The molecule has 1 aromatic rings. The molecule has 0 fully saturated rings. The van der Waals surface area contributed by atoms with Crippen molar-refractivity contribution in [1.82, 2.24) is 10.6 Å². The third-order valence-corrected chi connectivity index (χ3v) is 10.2. The Kier molecular flexibility index (Phi) is 29.8. The number of Topliss-reactive ketones (excluding diaryl/α,β-unsaturated/α-hetero) is 4. The Morgan fingerprint density at radius 1 is 0.619 bits per heavy atom. The number of aliphatic hydroxyl groups excluding tert-OH is 1. The molecule has 0 aromatic heterocycles. The second-order valence-corrected chi connectivity index (χ2v) is 16.6. The summed E-state index contributed by atoms with van der Waals surface area (Å²) in [6.45, 7) is 10.6. The Morgan fingerprint density at radius 2 is 1.16 bits per heavy atom. The van der Waals surface area contributed by atoms with Crippen LogP contribution in [0.1, 0.15) is 131 Å². The van der Waals surface area contributed by atoms with E-state index < -0.39 is 132 Å². The molecule has 18 heteroatoms. The van der Waals surface area contributed by atoms with Crippen molar-refractivity contribution in [3.05, 3.63) is 35.9 Å². The highest BCUT2D eigenvalue weighted by atomic mass is 16.4. The minimum absolute atomic E-state index is 0. The monoisotopic (exact) mass is 893 g/mol. The van der Waals surface area contributed by atoms with Crippen molar-refractivity contribution in [1.29, 1.82) is 0 Å². The summed E-state index contributed by atoms with van der Waals surface area (Å²) < 4.78 is 0. The van der Waals surface area contributed by atoms with Crippen molar-refractivity contribution in [2.45, 2.75) is 157 Å². The molecule has 0 aliphatic heterocycles. The summed E-state index contributed by atoms with van der Waals surface area (Å²) >= 11 is 0. The van der Waals surface area contributed by atoms with Gasteiger partial charge in [-0.3, -0.25) is 47.9 Å². The molecule has 2 unspecified atom stereocenters. The van der Waals surface area contributed by atoms with Crippen LogP contribution in [0.5, 0.6) is 0 Å². The van der Waals surface area contributed by atoms with Crippen molar-refractivity contribution in [3.63, 3.8) is 0 Å². The first-order chi connectivity index (χ1) is 28.8. The zero-order chi connectivity index (χ0) is 47.7. The molecule has 356 valence electrons. The molecule has 0 aliphatic carbocycles. The summed E-state index contributed by atoms with van der Waals surface area (Å²) in [6.07, 6.45) is -4.97. The molecule has 0 saturated carbocycles. The lowest BCUT2D eigenvalue weighted by atomic mass is 9.81. The van der Waals surface area contributed by atoms with Gasteiger partial charge in [0, 0.05) is 56.8 Å². The van der Waals surface area contributed by atoms with Crippen LogP contribution in [0.4, 0.5) is 0 Å². The Morgan fingerprint density at radius 3 is 1.63 bits per heavy atom. The largest absolute Gasteiger partial charge is 0.481 e. The van der Waals surface area contributed by atoms with Crippen LogP contribution in [-0.4, -0.2) is 103 Å². The highest BCUT2D eigenvalue weighted by Gasteiger charge is 2.34. The third kappa shape index (κ3) is 27.3. The predicted molar refractivity (Wildman–Crippen MR) is 234 cm³/mol. The van der Waals surface area contributed by atoms with Gasteiger partial charge in [0.05, 0.1) is 37.1 Å². The highest BCUT2D eigenvalue weighted by Crippen LogP contribution is 2.26. The Balaban J connectivity index is 0. The summed E-state index contributed by atoms with van der Waals surface area (Å²) in [7, 11) is 0. The zero-order valence-electron chi connectivity index (χ0n) is 36.8. The summed E-state index contributed by atoms with van der Waals surface area (Å²) in [6, 6.07) is 6.50. The lowest BCUT2D eigenvalue weighted by Gasteiger charge is -2.28. The number of nitrogens with two attached hydrogens (primary N) is 2. The van der Waals surface area contributed by atoms with Gasteiger partial charge in [-0.2, -0.15) is 0 Å². The summed E-state index contributed by atoms with van der Waals surface area (Å²) in [5, 5.41) is 42.9. The van der Waals surface area contributed by atoms with Crippen LogP contribution in [0.2, 0.25) is 0 Å². The molecule has 1 rings (SSSR count). The first-order valence-corrected chi connectivity index (χ1v) is 20.9. The second-order valence-electron chi connectivity index (χ2n) is 16.6. The van der Waals surface area contributed by atoms with E-state index in [4.69, 9.17) is 26.8 Å². The number of rotatable bonds is 31. The molecule has 10 N–H and O–H groups in total. The number of amides is 3. The van der Waals surface area contributed by atoms with Gasteiger partial charge in [-0.15, -0.1) is 0 Å². The summed E-state index contributed by atoms with van der Waals surface area (Å²) in [5.41, 5.74) is 12.6. The van der Waals surface area contributed by atoms with Gasteiger partial charge in [-0.05, 0) is 50.4 Å². The van der Waals surface area contributed by atoms with Crippen LogP contribution in [0.25, 0.3) is 0 Å². The normalized spacial score (nSPS) is 14.2. The van der Waals surface area contributed by atoms with E-state index in [9.17, 15) is 53.1 Å². The SMILES string of the molecule is C.CC(C)CC(CC(=O)[C@H](CC(N)=O)NC(=O)C(CC(=O)[C@@H](N)CCC(=O)O)C(C)C)[C@@H](O)C[C@@H](C)C(=O)CCC(=O)N[C@@H](CCC(=O)O)C(=O)CCC(=O)O.Cc1ccccc1. The number of aryl methyl sites for hydroxylation is 1. The van der Waals surface area contributed by atoms with E-state index in [2.05, 4.69) is 29.7 Å². The van der Waals surface area contributed by atoms with Gasteiger partial charge in [0.15, 0.2) is 11.6 Å². The molecule has 7 atom stereocenters. The van der Waals surface area contributed by atoms with E-state index in [1.54, 1.807) is 13.8 Å². The average Bonchev–Trinajstić information content (AvgIpc) is 3.17. The molecule has 0 heterocycles. The lowest BCUT2D eigenvalue weighted by molar-refractivity contribution is -0.140. The number of aliphatic hydroxyl groups is 1. The number of hydrogen-bond donors (Lipinski definition) is 8. The number of carbonyl (C=O) groups is 10. The Hall–Kier alpha value is -5.36. The van der Waals surface area contributed by atoms with E-state index >= 15 is 0 Å². The first kappa shape index (κ1) is 59.7. The number of aliphatic carboxylic acids is 3. The van der Waals surface area contributed by atoms with E-state index in [1.807, 2.05) is 32.0 Å². The van der Waals surface area contributed by atoms with E-state index in [0.717, 1.165) is 0 Å². The average molecular weight is 893 g/mol. The van der Waals surface area contributed by atoms with Crippen molar-refractivity contribution >= 4 is 58.8 Å². The maximum absolute atomic E-state index is 13.6. The standard InChI is InChI=1S/C37H60N4O14.C7H8.CH4/c1-19(2)14-22(16-31(46)26(18-32(39)47)41-37(55)23(20(3)4)17-30(45)24(38)6-11-34(49)50)29(44)15-21(5)27(42)8-10-33(48)40-25(7-12-35(51)52)28(43)9-13-36(53)54;1-7-5-3-2-4-6-7;/h19-26,29,44H,6-18,38H2,1-5H3,(H2,39,47)(H,40,48)(H,41,55)(H,49,50)(H,51,52)(H,53,54);2-6H,1H3;1H4/t21-,22?,23?,24+,25+,26+,29+;;/m1../s1. The summed E-state index contributed by atoms with van der Waals surface area (Å²) in [5.74, 6) is -11.1. The minimum atomic E-state index is -1.39. The molecule has 0 radical (unpaired) electrons. The maximum Gasteiger partial charge on any atom is 0.303 e. The van der Waals surface area contributed by atoms with Crippen LogP contribution in [0.15, 0.2) is 30.3 Å². The fourth-order valence-corrected chi connectivity index (χ4v) is 6.50. The fourth-order valence-electron chi connectivity index (χ4n) is 6.50. The van der Waals surface area contributed by atoms with E-state index in [0.29, 0.717) is 6.42 Å². The number of carboxylic acids is 3. The number of ketones is 4. The van der Waals surface area contributed by atoms with Crippen molar-refractivity contribution in [3.8, 4) is 0 Å². The molecule has 3 amide bonds. The van der Waals surface area contributed by atoms with Crippen LogP contribution in [-0.2, 0) is 47.9 Å². The quantitative estimate of drug-likeness (QED) is 0.0529. The van der Waals surface area contributed by atoms with Gasteiger partial charge in [-0.25, -0.2) is 0 Å². The molecule has 1 aromatic carbocycles. The Labute approximate surface area is 370 Å². The number of carboxylic acid groups (broad SMARTS) is 3. The number of carbonyl (C=O) groups excluding carboxylic acids is 7. The van der Waals surface area contributed by atoms with Crippen LogP contribution in [0.3, 0.4) is 0 Å². The molecule has 63 heavy (non-hydrogen) atoms. The predicted octanol–water partition coefficient (Wildman–Crippen LogP) is 3.54. The molecule has 0 saturated heterocycles. The smallest absolute Gasteiger partial charge is 0.303 e. The molecule has 0 bridgehead atoms. The third-order valence-electron chi connectivity index (χ3n) is 10.2. The van der Waals surface area contributed by atoms with E-state index in [1.165, 1.54) is 12.5 Å². The second kappa shape index (κ2) is 31.5. The number of primary amides is 1. The molecule has 0 spiro atoms. The van der Waals surface area contributed by atoms with Crippen molar-refractivity contribution in [2.24, 2.45) is 41.1 Å². The van der Waals surface area contributed by atoms with Gasteiger partial charge >= 0.3 is 17.9 Å². The molecular weight excluding hydrogens is 821 g/mol. The fraction of sp³-hybridized carbons (Fsp3) is 0.644. The Bertz CT molecular complexity index is 1670. The number of benzene rings is 1. The van der Waals surface area contributed by atoms with Gasteiger partial charge in [0.1, 0.15) is 11.6 Å². The molecule has 18 nitrogen and oxygen atoms in total. The first-order valence-electron chi connectivity index (χ1n) is 20.9. The lowest BCUT2D eigenvalue weighted by Crippen LogP contribution is -2.48. The van der Waals surface area contributed by atoms with E-state index in [-0.39, 0.29) is 64.7 Å². The number of hydrogen-bond acceptors (Lipinski definition) is 12. The van der Waals surface area contributed by atoms with Crippen molar-refractivity contribution < 1.29 is 68.4 Å². The van der Waals surface area contributed by atoms with Crippen LogP contribution in [0, 0.1) is 36.5 Å². The van der Waals surface area contributed by atoms with Gasteiger partial charge < -0.3 is 42.5 Å². The molecular formula is C45H72N4O14. The highest BCUT2D eigenvalue weighted by molar-refractivity contribution is 5.95. The number of nitrogens with one attached hydrogen (secondary N) is 2. The van der Waals surface area contributed by atoms with Crippen LogP contribution >= 0.6 is 0 Å². The van der Waals surface area contributed by atoms with Crippen LogP contribution < -0.4 is 22.1 Å². The van der Waals surface area contributed by atoms with Gasteiger partial charge in [0.25, 0.3) is 0 Å². The molecule has 0 aliphatic rings. The minimum Gasteiger partial charge on any atom is -0.481 e. The maximum atomic E-state index is 13.6. The summed E-state index contributed by atoms with van der Waals surface area (Å²) in [4.78, 5) is 122. The van der Waals surface area contributed by atoms with Crippen molar-refractivity contribution in [2.75, 3.05) is 0 Å².